The van der Waals surface area contributed by atoms with Crippen LogP contribution in [0.5, 0.6) is 5.75 Å². The van der Waals surface area contributed by atoms with Crippen LogP contribution in [-0.2, 0) is 16.6 Å². The van der Waals surface area contributed by atoms with Gasteiger partial charge in [0.2, 0.25) is 0 Å². The van der Waals surface area contributed by atoms with Crippen molar-refractivity contribution in [3.05, 3.63) is 59.3 Å². The number of Topliss-reactive ketones (excluding diaryl/α,β-unsaturated/α-hetero) is 1. The fourth-order valence-electron chi connectivity index (χ4n) is 4.78. The van der Waals surface area contributed by atoms with Gasteiger partial charge in [0.25, 0.3) is 6.43 Å². The van der Waals surface area contributed by atoms with Crippen molar-refractivity contribution < 1.29 is 23.0 Å². The Labute approximate surface area is 171 Å². The Morgan fingerprint density at radius 3 is 2.77 bits per heavy atom. The van der Waals surface area contributed by atoms with Crippen molar-refractivity contribution in [3.8, 4) is 5.75 Å². The Bertz CT molecular complexity index is 1150. The molecular formula is C22H21F2N3O3. The topological polar surface area (TPSA) is 65.7 Å². The third kappa shape index (κ3) is 2.98. The molecule has 6 nitrogen and oxygen atoms in total. The zero-order valence-corrected chi connectivity index (χ0v) is 16.7. The van der Waals surface area contributed by atoms with Crippen molar-refractivity contribution in [3.63, 3.8) is 0 Å². The number of carbonyl (C=O) groups excluding carboxylic acids is 1. The summed E-state index contributed by atoms with van der Waals surface area (Å²) in [5.74, 6) is 0.218. The monoisotopic (exact) mass is 413 g/mol. The highest BCUT2D eigenvalue weighted by Crippen LogP contribution is 2.58. The number of rotatable bonds is 6. The number of fused-ring (bicyclic) bond motifs is 2. The minimum atomic E-state index is -2.72. The molecule has 0 unspecified atom stereocenters. The zero-order valence-electron chi connectivity index (χ0n) is 16.7. The van der Waals surface area contributed by atoms with Crippen molar-refractivity contribution >= 4 is 11.4 Å². The maximum absolute atomic E-state index is 12.9. The van der Waals surface area contributed by atoms with E-state index in [0.717, 1.165) is 18.5 Å². The summed E-state index contributed by atoms with van der Waals surface area (Å²) in [6, 6.07) is 5.84. The molecule has 0 spiro atoms. The average molecular weight is 413 g/mol. The standard InChI is InChI=1S/C22H21F2N3O3/c1-21-10-22(11-21,12-30-21)18-9-27-8-13(7-17(29-2)20(27)26-18)6-16(28)14-4-3-5-15(25-14)19(23)24/h3-5,7-9,19H,6,10-12H2,1-2H3. The molecule has 3 aromatic heterocycles. The third-order valence-electron chi connectivity index (χ3n) is 6.10. The predicted molar refractivity (Wildman–Crippen MR) is 104 cm³/mol. The van der Waals surface area contributed by atoms with Crippen LogP contribution in [0.1, 0.15) is 53.6 Å². The van der Waals surface area contributed by atoms with Gasteiger partial charge in [-0.1, -0.05) is 6.07 Å². The molecule has 0 atom stereocenters. The molecular weight excluding hydrogens is 392 g/mol. The minimum absolute atomic E-state index is 0.0197. The van der Waals surface area contributed by atoms with E-state index in [2.05, 4.69) is 11.9 Å². The molecule has 5 heterocycles. The van der Waals surface area contributed by atoms with Gasteiger partial charge >= 0.3 is 0 Å². The number of imidazole rings is 1. The molecule has 30 heavy (non-hydrogen) atoms. The zero-order chi connectivity index (χ0) is 21.1. The van der Waals surface area contributed by atoms with Crippen LogP contribution in [0.15, 0.2) is 36.7 Å². The average Bonchev–Trinajstić information content (AvgIpc) is 3.38. The number of nitrogens with zero attached hydrogens (tertiary/aromatic N) is 3. The van der Waals surface area contributed by atoms with Crippen LogP contribution >= 0.6 is 0 Å². The van der Waals surface area contributed by atoms with E-state index >= 15 is 0 Å². The Balaban J connectivity index is 1.45. The number of pyridine rings is 2. The molecule has 156 valence electrons. The maximum Gasteiger partial charge on any atom is 0.280 e. The molecule has 1 aliphatic carbocycles. The summed E-state index contributed by atoms with van der Waals surface area (Å²) in [5.41, 5.74) is 1.85. The van der Waals surface area contributed by atoms with Crippen molar-refractivity contribution in [1.82, 2.24) is 14.4 Å². The Hall–Kier alpha value is -2.87. The number of aromatic nitrogens is 3. The second-order valence-electron chi connectivity index (χ2n) is 8.49. The number of hydrogen-bond acceptors (Lipinski definition) is 5. The fraction of sp³-hybridized carbons (Fsp3) is 0.409. The highest BCUT2D eigenvalue weighted by atomic mass is 19.3. The summed E-state index contributed by atoms with van der Waals surface area (Å²) in [5, 5.41) is 0. The molecule has 3 aliphatic rings. The molecule has 0 radical (unpaired) electrons. The molecule has 8 heteroatoms. The van der Waals surface area contributed by atoms with Crippen LogP contribution in [0.2, 0.25) is 0 Å². The number of carbonyl (C=O) groups is 1. The number of hydrogen-bond donors (Lipinski definition) is 0. The van der Waals surface area contributed by atoms with E-state index in [1.54, 1.807) is 13.2 Å². The van der Waals surface area contributed by atoms with E-state index in [0.29, 0.717) is 23.6 Å². The largest absolute Gasteiger partial charge is 0.493 e. The second kappa shape index (κ2) is 6.57. The molecule has 1 saturated carbocycles. The Morgan fingerprint density at radius 2 is 2.10 bits per heavy atom. The van der Waals surface area contributed by atoms with Gasteiger partial charge in [-0.25, -0.2) is 18.7 Å². The molecule has 0 aromatic carbocycles. The van der Waals surface area contributed by atoms with Crippen molar-refractivity contribution in [2.75, 3.05) is 13.7 Å². The molecule has 3 fully saturated rings. The summed E-state index contributed by atoms with van der Waals surface area (Å²) in [6.07, 6.45) is 2.99. The lowest BCUT2D eigenvalue weighted by Gasteiger charge is -2.41. The molecule has 6 rings (SSSR count). The molecule has 0 amide bonds. The minimum Gasteiger partial charge on any atom is -0.493 e. The van der Waals surface area contributed by atoms with E-state index < -0.39 is 12.1 Å². The van der Waals surface area contributed by atoms with Crippen molar-refractivity contribution in [2.24, 2.45) is 0 Å². The first-order valence-electron chi connectivity index (χ1n) is 9.79. The van der Waals surface area contributed by atoms with Gasteiger partial charge in [-0.15, -0.1) is 0 Å². The number of methoxy groups -OCH3 is 1. The van der Waals surface area contributed by atoms with Crippen LogP contribution < -0.4 is 4.74 Å². The van der Waals surface area contributed by atoms with Gasteiger partial charge in [0.05, 0.1) is 25.0 Å². The van der Waals surface area contributed by atoms with Crippen LogP contribution in [0.4, 0.5) is 8.78 Å². The molecule has 3 aromatic rings. The first-order chi connectivity index (χ1) is 14.3. The first kappa shape index (κ1) is 19.1. The van der Waals surface area contributed by atoms with Crippen LogP contribution in [0.25, 0.3) is 5.65 Å². The summed E-state index contributed by atoms with van der Waals surface area (Å²) >= 11 is 0. The quantitative estimate of drug-likeness (QED) is 0.573. The van der Waals surface area contributed by atoms with E-state index in [4.69, 9.17) is 14.5 Å². The summed E-state index contributed by atoms with van der Waals surface area (Å²) in [7, 11) is 1.56. The first-order valence-corrected chi connectivity index (χ1v) is 9.79. The van der Waals surface area contributed by atoms with E-state index in [9.17, 15) is 13.6 Å². The van der Waals surface area contributed by atoms with Gasteiger partial charge in [-0.3, -0.25) is 4.79 Å². The van der Waals surface area contributed by atoms with Gasteiger partial charge in [0.1, 0.15) is 11.4 Å². The van der Waals surface area contributed by atoms with Crippen LogP contribution in [0, 0.1) is 0 Å². The highest BCUT2D eigenvalue weighted by molar-refractivity contribution is 5.95. The lowest BCUT2D eigenvalue weighted by atomic mass is 9.62. The van der Waals surface area contributed by atoms with Gasteiger partial charge in [0, 0.05) is 24.2 Å². The summed E-state index contributed by atoms with van der Waals surface area (Å²) in [6.45, 7) is 2.78. The molecule has 0 N–H and O–H groups in total. The summed E-state index contributed by atoms with van der Waals surface area (Å²) < 4.78 is 39.0. The van der Waals surface area contributed by atoms with Gasteiger partial charge in [-0.05, 0) is 43.5 Å². The van der Waals surface area contributed by atoms with E-state index in [-0.39, 0.29) is 28.9 Å². The predicted octanol–water partition coefficient (Wildman–Crippen LogP) is 3.92. The lowest BCUT2D eigenvalue weighted by molar-refractivity contribution is 0.0154. The second-order valence-corrected chi connectivity index (χ2v) is 8.49. The number of ether oxygens (including phenoxy) is 2. The van der Waals surface area contributed by atoms with Gasteiger partial charge in [-0.2, -0.15) is 0 Å². The van der Waals surface area contributed by atoms with Crippen molar-refractivity contribution in [1.29, 1.82) is 0 Å². The fourth-order valence-corrected chi connectivity index (χ4v) is 4.78. The number of halogens is 2. The van der Waals surface area contributed by atoms with Crippen LogP contribution in [-0.4, -0.2) is 39.5 Å². The Kier molecular flexibility index (Phi) is 4.18. The normalized spacial score (nSPS) is 25.0. The SMILES string of the molecule is COc1cc(CC(=O)c2cccc(C(F)F)n2)cn2cc(C34COC(C)(C3)C4)nc12. The smallest absolute Gasteiger partial charge is 0.280 e. The molecule has 2 bridgehead atoms. The van der Waals surface area contributed by atoms with E-state index in [1.807, 2.05) is 16.8 Å². The third-order valence-corrected chi connectivity index (χ3v) is 6.10. The number of alkyl halides is 2. The molecule has 2 saturated heterocycles. The number of ketones is 1. The van der Waals surface area contributed by atoms with Gasteiger partial charge in [0.15, 0.2) is 17.2 Å². The molecule has 2 aliphatic heterocycles. The van der Waals surface area contributed by atoms with Crippen LogP contribution in [0.3, 0.4) is 0 Å². The Morgan fingerprint density at radius 1 is 1.30 bits per heavy atom. The summed E-state index contributed by atoms with van der Waals surface area (Å²) in [4.78, 5) is 21.2. The maximum atomic E-state index is 12.9. The van der Waals surface area contributed by atoms with E-state index in [1.165, 1.54) is 18.2 Å². The lowest BCUT2D eigenvalue weighted by Crippen LogP contribution is -2.45. The van der Waals surface area contributed by atoms with Crippen molar-refractivity contribution in [2.45, 2.75) is 43.6 Å². The highest BCUT2D eigenvalue weighted by Gasteiger charge is 2.61. The van der Waals surface area contributed by atoms with Gasteiger partial charge < -0.3 is 13.9 Å².